The average Bonchev–Trinajstić information content (AvgIpc) is 2.34. The Kier molecular flexibility index (Phi) is 3.71. The van der Waals surface area contributed by atoms with Gasteiger partial charge in [0.25, 0.3) is 5.56 Å². The molecular formula is C14H12ClNO3. The topological polar surface area (TPSA) is 59.3 Å². The fourth-order valence-corrected chi connectivity index (χ4v) is 2.03. The Balaban J connectivity index is 2.34. The Bertz CT molecular complexity index is 691. The molecule has 5 heteroatoms. The summed E-state index contributed by atoms with van der Waals surface area (Å²) in [5.74, 6) is -1.11. The Hall–Kier alpha value is -2.07. The Morgan fingerprint density at radius 2 is 2.05 bits per heavy atom. The minimum absolute atomic E-state index is 0.0174. The van der Waals surface area contributed by atoms with Gasteiger partial charge >= 0.3 is 5.97 Å². The van der Waals surface area contributed by atoms with Gasteiger partial charge in [-0.1, -0.05) is 23.7 Å². The van der Waals surface area contributed by atoms with Crippen molar-refractivity contribution in [3.05, 3.63) is 68.6 Å². The van der Waals surface area contributed by atoms with Crippen molar-refractivity contribution in [3.8, 4) is 0 Å². The number of nitrogens with zero attached hydrogens (tertiary/aromatic N) is 1. The van der Waals surface area contributed by atoms with Gasteiger partial charge in [-0.2, -0.15) is 0 Å². The maximum atomic E-state index is 11.8. The summed E-state index contributed by atoms with van der Waals surface area (Å²) in [6.45, 7) is 2.25. The second-order valence-corrected chi connectivity index (χ2v) is 4.69. The number of hydrogen-bond donors (Lipinski definition) is 1. The molecule has 2 aromatic rings. The molecule has 0 fully saturated rings. The number of rotatable bonds is 3. The van der Waals surface area contributed by atoms with Crippen LogP contribution in [0.1, 0.15) is 21.5 Å². The third-order valence-electron chi connectivity index (χ3n) is 2.79. The fourth-order valence-electron chi connectivity index (χ4n) is 1.74. The number of carboxylic acids is 1. The molecule has 1 N–H and O–H groups in total. The minimum atomic E-state index is -1.11. The summed E-state index contributed by atoms with van der Waals surface area (Å²) < 4.78 is 1.42. The molecular weight excluding hydrogens is 266 g/mol. The van der Waals surface area contributed by atoms with Crippen LogP contribution in [-0.4, -0.2) is 15.6 Å². The van der Waals surface area contributed by atoms with Crippen molar-refractivity contribution in [3.63, 3.8) is 0 Å². The Morgan fingerprint density at radius 1 is 1.32 bits per heavy atom. The van der Waals surface area contributed by atoms with Gasteiger partial charge in [-0.15, -0.1) is 0 Å². The summed E-state index contributed by atoms with van der Waals surface area (Å²) in [5, 5.41) is 9.39. The van der Waals surface area contributed by atoms with Crippen molar-refractivity contribution in [2.75, 3.05) is 0 Å². The lowest BCUT2D eigenvalue weighted by atomic mass is 10.1. The quantitative estimate of drug-likeness (QED) is 0.938. The highest BCUT2D eigenvalue weighted by Crippen LogP contribution is 2.18. The SMILES string of the molecule is Cc1ccc(Cn2ccc(C(=O)O)cc2=O)c(Cl)c1. The van der Waals surface area contributed by atoms with Crippen LogP contribution in [0.15, 0.2) is 41.3 Å². The van der Waals surface area contributed by atoms with E-state index in [1.54, 1.807) is 0 Å². The summed E-state index contributed by atoms with van der Waals surface area (Å²) in [6.07, 6.45) is 1.46. The molecule has 0 spiro atoms. The van der Waals surface area contributed by atoms with Crippen LogP contribution in [0.25, 0.3) is 0 Å². The van der Waals surface area contributed by atoms with Gasteiger partial charge in [-0.05, 0) is 30.2 Å². The molecule has 2 rings (SSSR count). The van der Waals surface area contributed by atoms with Crippen molar-refractivity contribution in [1.29, 1.82) is 0 Å². The van der Waals surface area contributed by atoms with Crippen LogP contribution in [0.4, 0.5) is 0 Å². The monoisotopic (exact) mass is 277 g/mol. The lowest BCUT2D eigenvalue weighted by Gasteiger charge is -2.08. The summed E-state index contributed by atoms with van der Waals surface area (Å²) in [6, 6.07) is 8.09. The van der Waals surface area contributed by atoms with Crippen molar-refractivity contribution >= 4 is 17.6 Å². The number of pyridine rings is 1. The van der Waals surface area contributed by atoms with Gasteiger partial charge in [0.1, 0.15) is 0 Å². The summed E-state index contributed by atoms with van der Waals surface area (Å²) >= 11 is 6.10. The van der Waals surface area contributed by atoms with E-state index in [0.29, 0.717) is 11.6 Å². The first kappa shape index (κ1) is 13.4. The number of hydrogen-bond acceptors (Lipinski definition) is 2. The van der Waals surface area contributed by atoms with Crippen LogP contribution in [0.2, 0.25) is 5.02 Å². The van der Waals surface area contributed by atoms with Crippen LogP contribution in [-0.2, 0) is 6.54 Å². The highest BCUT2D eigenvalue weighted by Gasteiger charge is 2.07. The minimum Gasteiger partial charge on any atom is -0.478 e. The Labute approximate surface area is 114 Å². The number of aryl methyl sites for hydroxylation is 1. The summed E-state index contributed by atoms with van der Waals surface area (Å²) in [5.41, 5.74) is 1.48. The number of aromatic carboxylic acids is 1. The lowest BCUT2D eigenvalue weighted by molar-refractivity contribution is 0.0696. The highest BCUT2D eigenvalue weighted by atomic mass is 35.5. The van der Waals surface area contributed by atoms with Gasteiger partial charge in [-0.3, -0.25) is 4.79 Å². The molecule has 0 saturated carbocycles. The number of halogens is 1. The van der Waals surface area contributed by atoms with E-state index in [0.717, 1.165) is 17.2 Å². The normalized spacial score (nSPS) is 10.4. The molecule has 4 nitrogen and oxygen atoms in total. The predicted octanol–water partition coefficient (Wildman–Crippen LogP) is 2.56. The molecule has 1 aromatic carbocycles. The van der Waals surface area contributed by atoms with Gasteiger partial charge in [0, 0.05) is 17.3 Å². The van der Waals surface area contributed by atoms with E-state index in [2.05, 4.69) is 0 Å². The van der Waals surface area contributed by atoms with Crippen molar-refractivity contribution < 1.29 is 9.90 Å². The summed E-state index contributed by atoms with van der Waals surface area (Å²) in [4.78, 5) is 22.5. The molecule has 0 aliphatic rings. The number of aromatic nitrogens is 1. The number of carbonyl (C=O) groups is 1. The fraction of sp³-hybridized carbons (Fsp3) is 0.143. The zero-order valence-electron chi connectivity index (χ0n) is 10.3. The van der Waals surface area contributed by atoms with E-state index in [1.807, 2.05) is 25.1 Å². The molecule has 0 bridgehead atoms. The van der Waals surface area contributed by atoms with Crippen LogP contribution in [0, 0.1) is 6.92 Å². The molecule has 0 aliphatic carbocycles. The predicted molar refractivity (Wildman–Crippen MR) is 73.0 cm³/mol. The zero-order valence-corrected chi connectivity index (χ0v) is 11.0. The molecule has 98 valence electrons. The van der Waals surface area contributed by atoms with Gasteiger partial charge < -0.3 is 9.67 Å². The molecule has 19 heavy (non-hydrogen) atoms. The number of carboxylic acid groups (broad SMARTS) is 1. The van der Waals surface area contributed by atoms with E-state index < -0.39 is 5.97 Å². The van der Waals surface area contributed by atoms with Crippen LogP contribution in [0.5, 0.6) is 0 Å². The largest absolute Gasteiger partial charge is 0.478 e. The molecule has 0 aliphatic heterocycles. The van der Waals surface area contributed by atoms with E-state index in [1.165, 1.54) is 16.8 Å². The average molecular weight is 278 g/mol. The van der Waals surface area contributed by atoms with Crippen LogP contribution >= 0.6 is 11.6 Å². The van der Waals surface area contributed by atoms with Gasteiger partial charge in [0.2, 0.25) is 0 Å². The van der Waals surface area contributed by atoms with Gasteiger partial charge in [0.15, 0.2) is 0 Å². The third kappa shape index (κ3) is 3.03. The molecule has 1 heterocycles. The van der Waals surface area contributed by atoms with Crippen molar-refractivity contribution in [2.24, 2.45) is 0 Å². The van der Waals surface area contributed by atoms with Crippen LogP contribution < -0.4 is 5.56 Å². The molecule has 0 amide bonds. The smallest absolute Gasteiger partial charge is 0.335 e. The first-order chi connectivity index (χ1) is 8.97. The zero-order chi connectivity index (χ0) is 14.0. The molecule has 0 unspecified atom stereocenters. The highest BCUT2D eigenvalue weighted by molar-refractivity contribution is 6.31. The lowest BCUT2D eigenvalue weighted by Crippen LogP contribution is -2.20. The molecule has 0 radical (unpaired) electrons. The first-order valence-electron chi connectivity index (χ1n) is 5.66. The van der Waals surface area contributed by atoms with E-state index in [-0.39, 0.29) is 11.1 Å². The summed E-state index contributed by atoms with van der Waals surface area (Å²) in [7, 11) is 0. The molecule has 0 saturated heterocycles. The Morgan fingerprint density at radius 3 is 2.63 bits per heavy atom. The first-order valence-corrected chi connectivity index (χ1v) is 6.04. The second kappa shape index (κ2) is 5.28. The standard InChI is InChI=1S/C14H12ClNO3/c1-9-2-3-11(12(15)6-9)8-16-5-4-10(14(18)19)7-13(16)17/h2-7H,8H2,1H3,(H,18,19). The molecule has 1 aromatic heterocycles. The third-order valence-corrected chi connectivity index (χ3v) is 3.14. The molecule has 0 atom stereocenters. The number of benzene rings is 1. The van der Waals surface area contributed by atoms with Gasteiger partial charge in [-0.25, -0.2) is 4.79 Å². The van der Waals surface area contributed by atoms with E-state index >= 15 is 0 Å². The van der Waals surface area contributed by atoms with Crippen LogP contribution in [0.3, 0.4) is 0 Å². The maximum absolute atomic E-state index is 11.8. The van der Waals surface area contributed by atoms with Crippen molar-refractivity contribution in [2.45, 2.75) is 13.5 Å². The second-order valence-electron chi connectivity index (χ2n) is 4.28. The van der Waals surface area contributed by atoms with Gasteiger partial charge in [0.05, 0.1) is 12.1 Å². The van der Waals surface area contributed by atoms with E-state index in [9.17, 15) is 9.59 Å². The maximum Gasteiger partial charge on any atom is 0.335 e. The van der Waals surface area contributed by atoms with Crippen molar-refractivity contribution in [1.82, 2.24) is 4.57 Å². The van der Waals surface area contributed by atoms with E-state index in [4.69, 9.17) is 16.7 Å².